The Labute approximate surface area is 201 Å². The maximum absolute atomic E-state index is 13.9. The number of carbonyl (C=O) groups excluding carboxylic acids is 2. The van der Waals surface area contributed by atoms with Crippen LogP contribution in [0.4, 0.5) is 14.5 Å². The minimum Gasteiger partial charge on any atom is -0.338 e. The van der Waals surface area contributed by atoms with Crippen molar-refractivity contribution in [3.8, 4) is 0 Å². The number of amides is 2. The van der Waals surface area contributed by atoms with Gasteiger partial charge >= 0.3 is 0 Å². The number of fused-ring (bicyclic) bond motifs is 1. The highest BCUT2D eigenvalue weighted by Gasteiger charge is 2.32. The van der Waals surface area contributed by atoms with E-state index in [0.29, 0.717) is 47.9 Å². The second kappa shape index (κ2) is 10.1. The zero-order chi connectivity index (χ0) is 24.4. The lowest BCUT2D eigenvalue weighted by Gasteiger charge is -2.37. The van der Waals surface area contributed by atoms with Gasteiger partial charge in [-0.2, -0.15) is 0 Å². The Kier molecular flexibility index (Phi) is 7.13. The molecule has 2 heterocycles. The summed E-state index contributed by atoms with van der Waals surface area (Å²) in [7, 11) is 0. The number of nitrogens with one attached hydrogen (secondary N) is 1. The standard InChI is InChI=1S/C24H26ClF2N5O2/c1-15(2)23(32-14-28-20-11-17(26)18(27)12-21(20)32)24(34)31-9-7-30(8-10-31)13-22(33)29-19-6-4-3-5-16(19)25/h3-6,11-12,14-15,23H,7-10,13H2,1-2H3,(H,29,33). The molecule has 4 rings (SSSR count). The van der Waals surface area contributed by atoms with Gasteiger partial charge in [0.15, 0.2) is 11.6 Å². The molecule has 2 aromatic carbocycles. The second-order valence-corrected chi connectivity index (χ2v) is 9.13. The Balaban J connectivity index is 1.40. The van der Waals surface area contributed by atoms with Crippen LogP contribution in [0.5, 0.6) is 0 Å². The third-order valence-electron chi connectivity index (χ3n) is 6.00. The van der Waals surface area contributed by atoms with E-state index in [1.807, 2.05) is 18.7 Å². The predicted octanol–water partition coefficient (Wildman–Crippen LogP) is 3.95. The fraction of sp³-hybridized carbons (Fsp3) is 0.375. The lowest BCUT2D eigenvalue weighted by molar-refractivity contribution is -0.137. The van der Waals surface area contributed by atoms with Crippen molar-refractivity contribution >= 4 is 40.1 Å². The van der Waals surface area contributed by atoms with Crippen molar-refractivity contribution in [3.05, 3.63) is 59.4 Å². The zero-order valence-electron chi connectivity index (χ0n) is 19.0. The first-order valence-corrected chi connectivity index (χ1v) is 11.5. The highest BCUT2D eigenvalue weighted by Crippen LogP contribution is 2.27. The predicted molar refractivity (Wildman–Crippen MR) is 127 cm³/mol. The van der Waals surface area contributed by atoms with Crippen molar-refractivity contribution in [1.29, 1.82) is 0 Å². The summed E-state index contributed by atoms with van der Waals surface area (Å²) in [5.74, 6) is -2.34. The molecule has 0 radical (unpaired) electrons. The summed E-state index contributed by atoms with van der Waals surface area (Å²) in [6.07, 6.45) is 1.46. The van der Waals surface area contributed by atoms with E-state index in [-0.39, 0.29) is 24.3 Å². The third kappa shape index (κ3) is 5.05. The summed E-state index contributed by atoms with van der Waals surface area (Å²) in [4.78, 5) is 33.7. The van der Waals surface area contributed by atoms with Gasteiger partial charge in [-0.25, -0.2) is 13.8 Å². The van der Waals surface area contributed by atoms with Gasteiger partial charge in [-0.05, 0) is 18.1 Å². The smallest absolute Gasteiger partial charge is 0.246 e. The molecule has 1 unspecified atom stereocenters. The van der Waals surface area contributed by atoms with Gasteiger partial charge in [-0.3, -0.25) is 14.5 Å². The van der Waals surface area contributed by atoms with Crippen molar-refractivity contribution in [2.75, 3.05) is 38.0 Å². The molecule has 180 valence electrons. The van der Waals surface area contributed by atoms with Gasteiger partial charge in [0.2, 0.25) is 11.8 Å². The summed E-state index contributed by atoms with van der Waals surface area (Å²) in [5.41, 5.74) is 1.24. The number of rotatable bonds is 6. The van der Waals surface area contributed by atoms with Crippen molar-refractivity contribution in [2.24, 2.45) is 5.92 Å². The number of hydrogen-bond acceptors (Lipinski definition) is 4. The molecule has 2 amide bonds. The van der Waals surface area contributed by atoms with Crippen molar-refractivity contribution < 1.29 is 18.4 Å². The van der Waals surface area contributed by atoms with Gasteiger partial charge in [0.1, 0.15) is 6.04 Å². The average Bonchev–Trinajstić information content (AvgIpc) is 3.18. The van der Waals surface area contributed by atoms with Crippen molar-refractivity contribution in [2.45, 2.75) is 19.9 Å². The number of carbonyl (C=O) groups is 2. The average molecular weight is 490 g/mol. The maximum atomic E-state index is 13.9. The highest BCUT2D eigenvalue weighted by atomic mass is 35.5. The van der Waals surface area contributed by atoms with Gasteiger partial charge in [0.05, 0.1) is 34.6 Å². The lowest BCUT2D eigenvalue weighted by Crippen LogP contribution is -2.52. The van der Waals surface area contributed by atoms with E-state index in [9.17, 15) is 18.4 Å². The summed E-state index contributed by atoms with van der Waals surface area (Å²) >= 11 is 6.10. The third-order valence-corrected chi connectivity index (χ3v) is 6.33. The molecule has 34 heavy (non-hydrogen) atoms. The van der Waals surface area contributed by atoms with Crippen LogP contribution in [0.25, 0.3) is 11.0 Å². The molecule has 1 aromatic heterocycles. The first-order valence-electron chi connectivity index (χ1n) is 11.1. The minimum atomic E-state index is -0.979. The minimum absolute atomic E-state index is 0.0996. The number of hydrogen-bond donors (Lipinski definition) is 1. The number of nitrogens with zero attached hydrogens (tertiary/aromatic N) is 4. The van der Waals surface area contributed by atoms with Crippen LogP contribution in [0.1, 0.15) is 19.9 Å². The Bertz CT molecular complexity index is 1210. The molecule has 0 saturated carbocycles. The highest BCUT2D eigenvalue weighted by molar-refractivity contribution is 6.33. The molecule has 10 heteroatoms. The Morgan fingerprint density at radius 3 is 2.44 bits per heavy atom. The normalized spacial score (nSPS) is 15.6. The largest absolute Gasteiger partial charge is 0.338 e. The van der Waals surface area contributed by atoms with E-state index in [0.717, 1.165) is 12.1 Å². The zero-order valence-corrected chi connectivity index (χ0v) is 19.7. The number of imidazole rings is 1. The number of anilines is 1. The Morgan fingerprint density at radius 1 is 1.09 bits per heavy atom. The molecule has 1 fully saturated rings. The molecule has 3 aromatic rings. The summed E-state index contributed by atoms with van der Waals surface area (Å²) in [6.45, 7) is 5.99. The number of benzene rings is 2. The Morgan fingerprint density at radius 2 is 1.76 bits per heavy atom. The van der Waals surface area contributed by atoms with E-state index in [2.05, 4.69) is 10.3 Å². The fourth-order valence-electron chi connectivity index (χ4n) is 4.24. The van der Waals surface area contributed by atoms with Crippen molar-refractivity contribution in [1.82, 2.24) is 19.4 Å². The van der Waals surface area contributed by atoms with Crippen LogP contribution >= 0.6 is 11.6 Å². The van der Waals surface area contributed by atoms with Crippen LogP contribution in [-0.2, 0) is 9.59 Å². The number of para-hydroxylation sites is 1. The van der Waals surface area contributed by atoms with E-state index >= 15 is 0 Å². The molecule has 0 bridgehead atoms. The molecule has 0 aliphatic carbocycles. The molecule has 1 aliphatic heterocycles. The summed E-state index contributed by atoms with van der Waals surface area (Å²) in [5, 5.41) is 3.28. The number of halogens is 3. The first kappa shape index (κ1) is 24.1. The molecule has 1 aliphatic rings. The monoisotopic (exact) mass is 489 g/mol. The maximum Gasteiger partial charge on any atom is 0.246 e. The lowest BCUT2D eigenvalue weighted by atomic mass is 10.0. The van der Waals surface area contributed by atoms with Gasteiger partial charge in [0.25, 0.3) is 0 Å². The first-order chi connectivity index (χ1) is 16.2. The molecule has 1 atom stereocenters. The van der Waals surface area contributed by atoms with Crippen LogP contribution in [-0.4, -0.2) is 63.9 Å². The van der Waals surface area contributed by atoms with Gasteiger partial charge in [-0.1, -0.05) is 37.6 Å². The molecule has 1 N–H and O–H groups in total. The molecule has 0 spiro atoms. The van der Waals surface area contributed by atoms with E-state index in [4.69, 9.17) is 11.6 Å². The van der Waals surface area contributed by atoms with Gasteiger partial charge in [-0.15, -0.1) is 0 Å². The fourth-order valence-corrected chi connectivity index (χ4v) is 4.42. The molecule has 7 nitrogen and oxygen atoms in total. The van der Waals surface area contributed by atoms with E-state index < -0.39 is 17.7 Å². The molecular formula is C24H26ClF2N5O2. The van der Waals surface area contributed by atoms with Gasteiger partial charge < -0.3 is 14.8 Å². The van der Waals surface area contributed by atoms with Crippen LogP contribution < -0.4 is 5.32 Å². The summed E-state index contributed by atoms with van der Waals surface area (Å²) in [6, 6.07) is 8.55. The van der Waals surface area contributed by atoms with E-state index in [1.165, 1.54) is 6.33 Å². The molecular weight excluding hydrogens is 464 g/mol. The van der Waals surface area contributed by atoms with Crippen LogP contribution in [0.2, 0.25) is 5.02 Å². The van der Waals surface area contributed by atoms with Crippen LogP contribution in [0.15, 0.2) is 42.7 Å². The van der Waals surface area contributed by atoms with Crippen molar-refractivity contribution in [3.63, 3.8) is 0 Å². The van der Waals surface area contributed by atoms with Crippen LogP contribution in [0.3, 0.4) is 0 Å². The Hall–Kier alpha value is -3.04. The molecule has 1 saturated heterocycles. The topological polar surface area (TPSA) is 70.5 Å². The van der Waals surface area contributed by atoms with Gasteiger partial charge in [0, 0.05) is 38.3 Å². The van der Waals surface area contributed by atoms with E-state index in [1.54, 1.807) is 33.7 Å². The number of aromatic nitrogens is 2. The SMILES string of the molecule is CC(C)C(C(=O)N1CCN(CC(=O)Nc2ccccc2Cl)CC1)n1cnc2cc(F)c(F)cc21. The van der Waals surface area contributed by atoms with Crippen LogP contribution in [0, 0.1) is 17.6 Å². The summed E-state index contributed by atoms with van der Waals surface area (Å²) < 4.78 is 29.1. The second-order valence-electron chi connectivity index (χ2n) is 8.73. The quantitative estimate of drug-likeness (QED) is 0.569. The number of piperazine rings is 1.